The quantitative estimate of drug-likeness (QED) is 0.211. The van der Waals surface area contributed by atoms with E-state index < -0.39 is 0 Å². The highest BCUT2D eigenvalue weighted by atomic mass is 32.1. The Hall–Kier alpha value is -3.04. The number of nitrogens with two attached hydrogens (primary N) is 1. The maximum atomic E-state index is 5.90. The Labute approximate surface area is 214 Å². The van der Waals surface area contributed by atoms with Crippen LogP contribution in [0.5, 0.6) is 11.5 Å². The molecule has 9 heteroatoms. The van der Waals surface area contributed by atoms with Gasteiger partial charge in [-0.05, 0) is 43.7 Å². The van der Waals surface area contributed by atoms with Crippen LogP contribution in [0.25, 0.3) is 0 Å². The molecule has 0 saturated carbocycles. The van der Waals surface area contributed by atoms with Gasteiger partial charge in [-0.1, -0.05) is 29.8 Å². The van der Waals surface area contributed by atoms with Gasteiger partial charge in [-0.3, -0.25) is 4.99 Å². The van der Waals surface area contributed by atoms with E-state index in [9.17, 15) is 0 Å². The third-order valence-electron chi connectivity index (χ3n) is 6.06. The van der Waals surface area contributed by atoms with Crippen molar-refractivity contribution in [1.82, 2.24) is 15.1 Å². The molecule has 8 nitrogen and oxygen atoms in total. The third-order valence-corrected chi connectivity index (χ3v) is 6.47. The highest BCUT2D eigenvalue weighted by molar-refractivity contribution is 7.80. The lowest BCUT2D eigenvalue weighted by molar-refractivity contribution is 0.257. The Morgan fingerprint density at radius 1 is 1.09 bits per heavy atom. The normalized spacial score (nSPS) is 14.0. The van der Waals surface area contributed by atoms with Crippen molar-refractivity contribution in [3.8, 4) is 11.5 Å². The van der Waals surface area contributed by atoms with E-state index in [0.29, 0.717) is 24.7 Å². The second-order valence-corrected chi connectivity index (χ2v) is 8.84. The fourth-order valence-electron chi connectivity index (χ4n) is 4.04. The van der Waals surface area contributed by atoms with Crippen LogP contribution < -0.4 is 25.8 Å². The first-order chi connectivity index (χ1) is 17.0. The fraction of sp³-hybridized carbons (Fsp3) is 0.462. The van der Waals surface area contributed by atoms with E-state index in [-0.39, 0.29) is 0 Å². The number of anilines is 1. The molecule has 2 aromatic rings. The second kappa shape index (κ2) is 13.2. The van der Waals surface area contributed by atoms with Gasteiger partial charge in [0, 0.05) is 64.1 Å². The molecule has 1 saturated heterocycles. The fourth-order valence-corrected chi connectivity index (χ4v) is 4.29. The molecule has 0 bridgehead atoms. The molecule has 1 aliphatic heterocycles. The lowest BCUT2D eigenvalue weighted by atomic mass is 10.1. The SMILES string of the molecule is CN=C(c1cc(OC)c(OCCCN)cc1NC)N1CCN(C(=S)NCc2ccc(C)cc2)CC1. The molecule has 0 aliphatic carbocycles. The van der Waals surface area contributed by atoms with Gasteiger partial charge in [-0.25, -0.2) is 0 Å². The van der Waals surface area contributed by atoms with Gasteiger partial charge in [0.1, 0.15) is 5.84 Å². The second-order valence-electron chi connectivity index (χ2n) is 8.45. The molecule has 4 N–H and O–H groups in total. The van der Waals surface area contributed by atoms with Crippen molar-refractivity contribution in [3.05, 3.63) is 53.1 Å². The largest absolute Gasteiger partial charge is 0.493 e. The van der Waals surface area contributed by atoms with Crippen LogP contribution >= 0.6 is 12.2 Å². The molecule has 190 valence electrons. The number of rotatable bonds is 9. The molecule has 1 heterocycles. The van der Waals surface area contributed by atoms with Crippen LogP contribution in [-0.2, 0) is 6.54 Å². The summed E-state index contributed by atoms with van der Waals surface area (Å²) in [5.41, 5.74) is 10.00. The molecule has 0 aromatic heterocycles. The van der Waals surface area contributed by atoms with Crippen LogP contribution in [-0.4, -0.2) is 81.3 Å². The molecule has 0 amide bonds. The predicted octanol–water partition coefficient (Wildman–Crippen LogP) is 2.84. The molecule has 1 aliphatic rings. The number of ether oxygens (including phenoxy) is 2. The molecule has 0 unspecified atom stereocenters. The Kier molecular flexibility index (Phi) is 9.98. The highest BCUT2D eigenvalue weighted by Gasteiger charge is 2.24. The number of thiocarbonyl (C=S) groups is 1. The standard InChI is InChI=1S/C26H38N6O2S/c1-19-6-8-20(9-7-19)18-30-26(35)32-13-11-31(12-14-32)25(29-3)21-16-23(33-4)24(17-22(21)28-2)34-15-5-10-27/h6-9,16-17,28H,5,10-15,18,27H2,1-4H3,(H,30,35). The molecular formula is C26H38N6O2S. The minimum Gasteiger partial charge on any atom is -0.493 e. The van der Waals surface area contributed by atoms with Crippen molar-refractivity contribution in [2.75, 3.05) is 65.9 Å². The highest BCUT2D eigenvalue weighted by Crippen LogP contribution is 2.34. The number of aliphatic imine (C=N–C) groups is 1. The van der Waals surface area contributed by atoms with Crippen molar-refractivity contribution in [1.29, 1.82) is 0 Å². The van der Waals surface area contributed by atoms with Crippen LogP contribution in [0, 0.1) is 6.92 Å². The zero-order valence-electron chi connectivity index (χ0n) is 21.3. The van der Waals surface area contributed by atoms with Gasteiger partial charge >= 0.3 is 0 Å². The molecule has 0 radical (unpaired) electrons. The van der Waals surface area contributed by atoms with Gasteiger partial charge in [0.05, 0.1) is 13.7 Å². The summed E-state index contributed by atoms with van der Waals surface area (Å²) >= 11 is 5.67. The monoisotopic (exact) mass is 498 g/mol. The minimum absolute atomic E-state index is 0.546. The first-order valence-electron chi connectivity index (χ1n) is 12.0. The molecule has 0 atom stereocenters. The summed E-state index contributed by atoms with van der Waals surface area (Å²) in [6, 6.07) is 12.5. The molecular weight excluding hydrogens is 460 g/mol. The van der Waals surface area contributed by atoms with E-state index in [1.807, 2.05) is 26.2 Å². The number of aryl methyl sites for hydroxylation is 1. The average Bonchev–Trinajstić information content (AvgIpc) is 2.89. The van der Waals surface area contributed by atoms with E-state index in [0.717, 1.165) is 61.3 Å². The zero-order chi connectivity index (χ0) is 25.2. The van der Waals surface area contributed by atoms with Crippen molar-refractivity contribution >= 4 is 28.9 Å². The van der Waals surface area contributed by atoms with Crippen LogP contribution in [0.1, 0.15) is 23.1 Å². The van der Waals surface area contributed by atoms with Gasteiger partial charge in [-0.2, -0.15) is 0 Å². The summed E-state index contributed by atoms with van der Waals surface area (Å²) in [5.74, 6) is 2.29. The Balaban J connectivity index is 1.64. The van der Waals surface area contributed by atoms with E-state index >= 15 is 0 Å². The summed E-state index contributed by atoms with van der Waals surface area (Å²) in [6.45, 7) is 7.24. The summed E-state index contributed by atoms with van der Waals surface area (Å²) in [4.78, 5) is 9.17. The number of amidine groups is 1. The van der Waals surface area contributed by atoms with Gasteiger partial charge in [0.25, 0.3) is 0 Å². The number of benzene rings is 2. The van der Waals surface area contributed by atoms with Crippen molar-refractivity contribution in [2.45, 2.75) is 19.9 Å². The lowest BCUT2D eigenvalue weighted by Crippen LogP contribution is -2.53. The Bertz CT molecular complexity index is 1000. The average molecular weight is 499 g/mol. The Morgan fingerprint density at radius 2 is 1.77 bits per heavy atom. The van der Waals surface area contributed by atoms with Crippen molar-refractivity contribution in [3.63, 3.8) is 0 Å². The number of hydrogen-bond donors (Lipinski definition) is 3. The van der Waals surface area contributed by atoms with Crippen LogP contribution in [0.2, 0.25) is 0 Å². The first kappa shape index (κ1) is 26.6. The molecule has 35 heavy (non-hydrogen) atoms. The van der Waals surface area contributed by atoms with Gasteiger partial charge in [0.2, 0.25) is 0 Å². The summed E-state index contributed by atoms with van der Waals surface area (Å²) in [6.07, 6.45) is 0.785. The maximum Gasteiger partial charge on any atom is 0.169 e. The summed E-state index contributed by atoms with van der Waals surface area (Å²) in [7, 11) is 5.38. The molecule has 1 fully saturated rings. The number of hydrogen-bond acceptors (Lipinski definition) is 6. The minimum atomic E-state index is 0.546. The van der Waals surface area contributed by atoms with Crippen LogP contribution in [0.4, 0.5) is 5.69 Å². The van der Waals surface area contributed by atoms with Crippen molar-refractivity contribution in [2.24, 2.45) is 10.7 Å². The van der Waals surface area contributed by atoms with Gasteiger partial charge < -0.3 is 35.6 Å². The van der Waals surface area contributed by atoms with E-state index in [4.69, 9.17) is 27.4 Å². The zero-order valence-corrected chi connectivity index (χ0v) is 22.1. The van der Waals surface area contributed by atoms with E-state index in [2.05, 4.69) is 56.6 Å². The maximum absolute atomic E-state index is 5.90. The summed E-state index contributed by atoms with van der Waals surface area (Å²) < 4.78 is 11.5. The van der Waals surface area contributed by atoms with Gasteiger partial charge in [-0.15, -0.1) is 0 Å². The molecule has 0 spiro atoms. The smallest absolute Gasteiger partial charge is 0.169 e. The van der Waals surface area contributed by atoms with Gasteiger partial charge in [0.15, 0.2) is 16.6 Å². The number of nitrogens with one attached hydrogen (secondary N) is 2. The number of nitrogens with zero attached hydrogens (tertiary/aromatic N) is 3. The van der Waals surface area contributed by atoms with Crippen LogP contribution in [0.3, 0.4) is 0 Å². The van der Waals surface area contributed by atoms with E-state index in [1.54, 1.807) is 7.11 Å². The predicted molar refractivity (Wildman–Crippen MR) is 148 cm³/mol. The summed E-state index contributed by atoms with van der Waals surface area (Å²) in [5, 5.41) is 7.47. The third kappa shape index (κ3) is 6.99. The Morgan fingerprint density at radius 3 is 2.37 bits per heavy atom. The van der Waals surface area contributed by atoms with E-state index in [1.165, 1.54) is 11.1 Å². The topological polar surface area (TPSA) is 87.4 Å². The first-order valence-corrected chi connectivity index (χ1v) is 12.4. The molecule has 2 aromatic carbocycles. The lowest BCUT2D eigenvalue weighted by Gasteiger charge is -2.38. The van der Waals surface area contributed by atoms with Crippen molar-refractivity contribution < 1.29 is 9.47 Å². The number of piperazine rings is 1. The van der Waals surface area contributed by atoms with Crippen LogP contribution in [0.15, 0.2) is 41.4 Å². The number of methoxy groups -OCH3 is 1. The molecule has 3 rings (SSSR count).